The van der Waals surface area contributed by atoms with Crippen molar-refractivity contribution in [3.8, 4) is 0 Å². The third-order valence-corrected chi connectivity index (χ3v) is 8.45. The summed E-state index contributed by atoms with van der Waals surface area (Å²) < 4.78 is 52.7. The normalized spacial score (nSPS) is 26.7. The number of anilines is 1. The number of nitrogens with two attached hydrogens (primary N) is 1. The van der Waals surface area contributed by atoms with Crippen molar-refractivity contribution in [3.63, 3.8) is 0 Å². The van der Waals surface area contributed by atoms with Gasteiger partial charge in [-0.25, -0.2) is 18.7 Å². The second kappa shape index (κ2) is 9.63. The van der Waals surface area contributed by atoms with Crippen LogP contribution >= 0.6 is 23.5 Å². The molecule has 1 aliphatic heterocycles. The molecule has 0 radical (unpaired) electrons. The van der Waals surface area contributed by atoms with E-state index in [1.165, 1.54) is 4.57 Å². The topological polar surface area (TPSA) is 299 Å². The zero-order valence-electron chi connectivity index (χ0n) is 18.7. The SMILES string of the molecule is CC(C)(C)c1nc2c(=O)[nH]c(N)nc2n1[C@@H]1O[C@H](COP(=O)(O)OP(=O)(O)OP(=O)(O)O)C(O)C1O. The Hall–Kier alpha value is -1.56. The number of fused-ring (bicyclic) bond motifs is 1. The summed E-state index contributed by atoms with van der Waals surface area (Å²) in [6.45, 7) is 4.17. The molecule has 0 saturated carbocycles. The van der Waals surface area contributed by atoms with Crippen LogP contribution in [0, 0.1) is 0 Å². The number of nitrogens with zero attached hydrogens (tertiary/aromatic N) is 3. The summed E-state index contributed by atoms with van der Waals surface area (Å²) in [7, 11) is -16.9. The number of phosphoric acid groups is 3. The highest BCUT2D eigenvalue weighted by Gasteiger charge is 2.48. The predicted octanol–water partition coefficient (Wildman–Crippen LogP) is -1.04. The molecule has 19 nitrogen and oxygen atoms in total. The molecule has 1 aliphatic rings. The molecular formula is C14H24N5O14P3. The van der Waals surface area contributed by atoms with Crippen molar-refractivity contribution in [3.05, 3.63) is 16.2 Å². The molecule has 6 atom stereocenters. The van der Waals surface area contributed by atoms with E-state index >= 15 is 0 Å². The van der Waals surface area contributed by atoms with Crippen LogP contribution in [0.3, 0.4) is 0 Å². The molecule has 9 N–H and O–H groups in total. The number of imidazole rings is 1. The first-order chi connectivity index (χ1) is 16.2. The lowest BCUT2D eigenvalue weighted by Crippen LogP contribution is -2.34. The van der Waals surface area contributed by atoms with E-state index in [0.717, 1.165) is 0 Å². The van der Waals surface area contributed by atoms with Crippen molar-refractivity contribution in [2.45, 2.75) is 50.7 Å². The van der Waals surface area contributed by atoms with Gasteiger partial charge in [0.2, 0.25) is 5.95 Å². The van der Waals surface area contributed by atoms with Gasteiger partial charge in [0.25, 0.3) is 5.56 Å². The molecule has 3 rings (SSSR count). The Labute approximate surface area is 201 Å². The summed E-state index contributed by atoms with van der Waals surface area (Å²) in [5.74, 6) is -0.0720. The average Bonchev–Trinajstić information content (AvgIpc) is 3.16. The lowest BCUT2D eigenvalue weighted by Gasteiger charge is -2.25. The highest BCUT2D eigenvalue weighted by molar-refractivity contribution is 7.66. The molecule has 0 aromatic carbocycles. The number of aromatic amines is 1. The van der Waals surface area contributed by atoms with Crippen molar-refractivity contribution < 1.29 is 61.4 Å². The second-order valence-corrected chi connectivity index (χ2v) is 13.0. The Morgan fingerprint density at radius 2 is 1.67 bits per heavy atom. The number of hydrogen-bond acceptors (Lipinski definition) is 13. The van der Waals surface area contributed by atoms with Crippen LogP contribution in [-0.2, 0) is 37.0 Å². The molecule has 0 amide bonds. The van der Waals surface area contributed by atoms with Crippen LogP contribution in [0.25, 0.3) is 11.2 Å². The van der Waals surface area contributed by atoms with Gasteiger partial charge < -0.3 is 40.3 Å². The lowest BCUT2D eigenvalue weighted by atomic mass is 9.95. The number of aromatic nitrogens is 4. The van der Waals surface area contributed by atoms with Gasteiger partial charge in [-0.3, -0.25) is 18.9 Å². The Balaban J connectivity index is 1.87. The highest BCUT2D eigenvalue weighted by Crippen LogP contribution is 2.66. The average molecular weight is 579 g/mol. The number of aliphatic hydroxyl groups is 2. The zero-order chi connectivity index (χ0) is 27.4. The summed E-state index contributed by atoms with van der Waals surface area (Å²) in [5.41, 5.74) is 3.96. The van der Waals surface area contributed by atoms with E-state index in [4.69, 9.17) is 20.3 Å². The molecule has 0 aliphatic carbocycles. The summed E-state index contributed by atoms with van der Waals surface area (Å²) in [4.78, 5) is 58.9. The molecule has 204 valence electrons. The molecule has 1 saturated heterocycles. The standard InChI is InChI=1S/C14H24N5O14P3/c1-14(2,3)12-16-6-9(17-13(15)18-10(6)22)19(12)11-8(21)7(20)5(31-11)4-30-35(26,27)33-36(28,29)32-34(23,24)25/h5,7-8,11,20-21H,4H2,1-3H3,(H,26,27)(H,28,29)(H2,23,24,25)(H3,15,17,18,22)/t5-,7?,8?,11-/m1/s1. The maximum atomic E-state index is 12.3. The second-order valence-electron chi connectivity index (χ2n) is 8.61. The van der Waals surface area contributed by atoms with Crippen molar-refractivity contribution >= 4 is 40.6 Å². The molecule has 36 heavy (non-hydrogen) atoms. The number of nitrogen functional groups attached to an aromatic ring is 1. The van der Waals surface area contributed by atoms with E-state index in [0.29, 0.717) is 0 Å². The van der Waals surface area contributed by atoms with E-state index in [2.05, 4.69) is 28.1 Å². The van der Waals surface area contributed by atoms with Gasteiger partial charge in [-0.15, -0.1) is 0 Å². The summed E-state index contributed by atoms with van der Waals surface area (Å²) in [6, 6.07) is 0. The van der Waals surface area contributed by atoms with Crippen LogP contribution in [0.2, 0.25) is 0 Å². The fourth-order valence-electron chi connectivity index (χ4n) is 3.32. The molecule has 0 bridgehead atoms. The van der Waals surface area contributed by atoms with E-state index < -0.39 is 65.6 Å². The molecule has 1 fully saturated rings. The van der Waals surface area contributed by atoms with Gasteiger partial charge in [-0.05, 0) is 0 Å². The summed E-state index contributed by atoms with van der Waals surface area (Å²) >= 11 is 0. The fourth-order valence-corrected chi connectivity index (χ4v) is 6.35. The number of hydrogen-bond donors (Lipinski definition) is 8. The van der Waals surface area contributed by atoms with Crippen molar-refractivity contribution in [1.29, 1.82) is 0 Å². The Morgan fingerprint density at radius 1 is 1.06 bits per heavy atom. The zero-order valence-corrected chi connectivity index (χ0v) is 21.4. The van der Waals surface area contributed by atoms with E-state index in [9.17, 15) is 38.5 Å². The van der Waals surface area contributed by atoms with Gasteiger partial charge >= 0.3 is 23.5 Å². The maximum absolute atomic E-state index is 12.3. The third kappa shape index (κ3) is 6.46. The number of ether oxygens (including phenoxy) is 1. The Kier molecular flexibility index (Phi) is 7.76. The fraction of sp³-hybridized carbons (Fsp3) is 0.643. The van der Waals surface area contributed by atoms with Gasteiger partial charge in [0.05, 0.1) is 6.61 Å². The smallest absolute Gasteiger partial charge is 0.387 e. The molecule has 0 spiro atoms. The quantitative estimate of drug-likeness (QED) is 0.173. The lowest BCUT2D eigenvalue weighted by molar-refractivity contribution is -0.0524. The van der Waals surface area contributed by atoms with Crippen LogP contribution in [0.1, 0.15) is 32.8 Å². The number of aliphatic hydroxyl groups excluding tert-OH is 2. The third-order valence-electron chi connectivity index (χ3n) is 4.65. The van der Waals surface area contributed by atoms with Crippen LogP contribution in [0.4, 0.5) is 5.95 Å². The largest absolute Gasteiger partial charge is 0.490 e. The van der Waals surface area contributed by atoms with Gasteiger partial charge in [0.15, 0.2) is 17.4 Å². The number of phosphoric ester groups is 1. The monoisotopic (exact) mass is 579 g/mol. The van der Waals surface area contributed by atoms with Crippen molar-refractivity contribution in [2.75, 3.05) is 12.3 Å². The number of H-pyrrole nitrogens is 1. The summed E-state index contributed by atoms with van der Waals surface area (Å²) in [6.07, 6.45) is -6.51. The molecular weight excluding hydrogens is 555 g/mol. The molecule has 3 heterocycles. The number of rotatable bonds is 8. The van der Waals surface area contributed by atoms with Crippen molar-refractivity contribution in [1.82, 2.24) is 19.5 Å². The molecule has 4 unspecified atom stereocenters. The van der Waals surface area contributed by atoms with Gasteiger partial charge in [-0.2, -0.15) is 13.6 Å². The molecule has 22 heteroatoms. The first-order valence-electron chi connectivity index (χ1n) is 9.79. The molecule has 2 aromatic rings. The van der Waals surface area contributed by atoms with Gasteiger partial charge in [0.1, 0.15) is 24.1 Å². The van der Waals surface area contributed by atoms with Crippen LogP contribution in [-0.4, -0.2) is 74.2 Å². The van der Waals surface area contributed by atoms with E-state index in [-0.39, 0.29) is 22.9 Å². The predicted molar refractivity (Wildman–Crippen MR) is 117 cm³/mol. The van der Waals surface area contributed by atoms with Gasteiger partial charge in [0, 0.05) is 5.41 Å². The molecule has 2 aromatic heterocycles. The van der Waals surface area contributed by atoms with E-state index in [1.54, 1.807) is 20.8 Å². The highest BCUT2D eigenvalue weighted by atomic mass is 31.3. The van der Waals surface area contributed by atoms with E-state index in [1.807, 2.05) is 0 Å². The van der Waals surface area contributed by atoms with Crippen molar-refractivity contribution in [2.24, 2.45) is 0 Å². The van der Waals surface area contributed by atoms with Crippen LogP contribution < -0.4 is 11.3 Å². The van der Waals surface area contributed by atoms with Crippen LogP contribution in [0.5, 0.6) is 0 Å². The first kappa shape index (κ1) is 29.0. The Morgan fingerprint density at radius 3 is 2.22 bits per heavy atom. The maximum Gasteiger partial charge on any atom is 0.490 e. The minimum atomic E-state index is -5.76. The first-order valence-corrected chi connectivity index (χ1v) is 14.3. The number of nitrogens with one attached hydrogen (secondary N) is 1. The minimum Gasteiger partial charge on any atom is -0.387 e. The van der Waals surface area contributed by atoms with Crippen LogP contribution in [0.15, 0.2) is 4.79 Å². The van der Waals surface area contributed by atoms with Gasteiger partial charge in [-0.1, -0.05) is 20.8 Å². The minimum absolute atomic E-state index is 0.0917. The summed E-state index contributed by atoms with van der Waals surface area (Å²) in [5, 5.41) is 21.1. The Bertz CT molecular complexity index is 1350.